The third-order valence-corrected chi connectivity index (χ3v) is 18.2. The van der Waals surface area contributed by atoms with Crippen LogP contribution in [0, 0.1) is 0 Å². The van der Waals surface area contributed by atoms with E-state index in [0.717, 1.165) is 27.6 Å². The molecule has 2 aliphatic rings. The van der Waals surface area contributed by atoms with Gasteiger partial charge in [-0.15, -0.1) is 22.7 Å². The predicted molar refractivity (Wildman–Crippen MR) is 291 cm³/mol. The van der Waals surface area contributed by atoms with Crippen LogP contribution in [0.3, 0.4) is 0 Å². The molecule has 8 heteroatoms. The van der Waals surface area contributed by atoms with Crippen molar-refractivity contribution < 1.29 is 9.31 Å². The third kappa shape index (κ3) is 10.2. The quantitative estimate of drug-likeness (QED) is 0.0473. The Bertz CT molecular complexity index is 2690. The first-order chi connectivity index (χ1) is 32.6. The van der Waals surface area contributed by atoms with Gasteiger partial charge >= 0.3 is 7.12 Å². The van der Waals surface area contributed by atoms with Gasteiger partial charge in [-0.3, -0.25) is 0 Å². The topological polar surface area (TPSA) is 44.2 Å². The van der Waals surface area contributed by atoms with E-state index in [9.17, 15) is 0 Å². The molecular formula is C59H71BN2O2S3. The Morgan fingerprint density at radius 2 is 0.896 bits per heavy atom. The summed E-state index contributed by atoms with van der Waals surface area (Å²) in [5.74, 6) is 0. The van der Waals surface area contributed by atoms with Crippen molar-refractivity contribution >= 4 is 58.0 Å². The summed E-state index contributed by atoms with van der Waals surface area (Å²) in [5, 5.41) is 0. The van der Waals surface area contributed by atoms with Crippen molar-refractivity contribution in [2.24, 2.45) is 0 Å². The van der Waals surface area contributed by atoms with Gasteiger partial charge in [-0.2, -0.15) is 8.75 Å². The van der Waals surface area contributed by atoms with E-state index in [0.29, 0.717) is 0 Å². The molecule has 1 saturated heterocycles. The van der Waals surface area contributed by atoms with Gasteiger partial charge in [0.1, 0.15) is 11.0 Å². The second-order valence-corrected chi connectivity index (χ2v) is 23.2. The van der Waals surface area contributed by atoms with Crippen molar-refractivity contribution in [3.05, 3.63) is 114 Å². The van der Waals surface area contributed by atoms with Gasteiger partial charge in [0.2, 0.25) is 0 Å². The summed E-state index contributed by atoms with van der Waals surface area (Å²) in [7, 11) is -0.381. The SMILES string of the molecule is CCCCCCCCCCC1(CCCCCCCCCC)c2cc(B3OC(C)(C)C(C)(C)O3)ccc2-c2ccc(-c3ccc(-c4ccc(-c5ccc(-c6ccccc6)s5)c5nsnc45)s3)cc21. The molecule has 1 fully saturated rings. The molecule has 4 heterocycles. The monoisotopic (exact) mass is 946 g/mol. The number of unbranched alkanes of at least 4 members (excludes halogenated alkanes) is 14. The van der Waals surface area contributed by atoms with Gasteiger partial charge in [0.15, 0.2) is 0 Å². The van der Waals surface area contributed by atoms with Crippen LogP contribution in [0.5, 0.6) is 0 Å². The second-order valence-electron chi connectivity index (χ2n) is 20.5. The predicted octanol–water partition coefficient (Wildman–Crippen LogP) is 18.1. The molecule has 0 amide bonds. The Morgan fingerprint density at radius 3 is 1.43 bits per heavy atom. The smallest absolute Gasteiger partial charge is 0.399 e. The summed E-state index contributed by atoms with van der Waals surface area (Å²) in [6.45, 7) is 13.3. The largest absolute Gasteiger partial charge is 0.494 e. The van der Waals surface area contributed by atoms with E-state index in [1.165, 1.54) is 180 Å². The standard InChI is InChI=1S/C59H71BN2O2S3/c1-7-9-11-13-15-17-19-24-38-59(39-25-20-18-16-14-12-10-8-2)49-40-43(28-30-45(49)46-31-29-44(41-50(46)59)60-63-57(3,4)58(5,6)64-60)52-35-37-54(66-52)48-33-32-47(55-56(48)62-67-61-55)53-36-34-51(65-53)42-26-22-21-23-27-42/h21-23,26-37,40-41H,7-20,24-25,38-39H2,1-6H3. The van der Waals surface area contributed by atoms with Gasteiger partial charge in [0.25, 0.3) is 0 Å². The summed E-state index contributed by atoms with van der Waals surface area (Å²) in [6.07, 6.45) is 23.6. The van der Waals surface area contributed by atoms with E-state index in [1.54, 1.807) is 0 Å². The number of benzene rings is 4. The molecule has 9 rings (SSSR count). The summed E-state index contributed by atoms with van der Waals surface area (Å²) < 4.78 is 23.2. The van der Waals surface area contributed by atoms with Crippen LogP contribution in [0.1, 0.15) is 168 Å². The van der Waals surface area contributed by atoms with E-state index in [2.05, 4.69) is 145 Å². The van der Waals surface area contributed by atoms with Crippen LogP contribution in [0.2, 0.25) is 0 Å². The third-order valence-electron chi connectivity index (χ3n) is 15.3. The summed E-state index contributed by atoms with van der Waals surface area (Å²) >= 11 is 5.01. The van der Waals surface area contributed by atoms with Gasteiger partial charge in [0.05, 0.1) is 22.9 Å². The maximum atomic E-state index is 6.72. The normalized spacial score (nSPS) is 15.7. The van der Waals surface area contributed by atoms with Gasteiger partial charge in [-0.1, -0.05) is 189 Å². The number of nitrogens with zero attached hydrogens (tertiary/aromatic N) is 2. The number of rotatable bonds is 23. The highest BCUT2D eigenvalue weighted by Gasteiger charge is 2.52. The van der Waals surface area contributed by atoms with Gasteiger partial charge in [-0.25, -0.2) is 0 Å². The lowest BCUT2D eigenvalue weighted by Crippen LogP contribution is -2.41. The van der Waals surface area contributed by atoms with Crippen molar-refractivity contribution in [1.29, 1.82) is 0 Å². The number of thiophene rings is 2. The van der Waals surface area contributed by atoms with Crippen molar-refractivity contribution in [2.45, 2.75) is 174 Å². The zero-order chi connectivity index (χ0) is 46.4. The van der Waals surface area contributed by atoms with Gasteiger partial charge in [0, 0.05) is 36.1 Å². The molecule has 0 radical (unpaired) electrons. The molecule has 0 bridgehead atoms. The van der Waals surface area contributed by atoms with E-state index in [4.69, 9.17) is 18.1 Å². The highest BCUT2D eigenvalue weighted by atomic mass is 32.1. The van der Waals surface area contributed by atoms with E-state index in [-0.39, 0.29) is 23.7 Å². The highest BCUT2D eigenvalue weighted by molar-refractivity contribution is 7.19. The van der Waals surface area contributed by atoms with Crippen molar-refractivity contribution in [3.8, 4) is 52.9 Å². The maximum absolute atomic E-state index is 6.72. The lowest BCUT2D eigenvalue weighted by Gasteiger charge is -2.33. The number of aromatic nitrogens is 2. The number of hydrogen-bond acceptors (Lipinski definition) is 7. The van der Waals surface area contributed by atoms with Crippen LogP contribution in [-0.4, -0.2) is 27.1 Å². The Hall–Kier alpha value is -3.92. The summed E-state index contributed by atoms with van der Waals surface area (Å²) in [4.78, 5) is 5.02. The first-order valence-electron chi connectivity index (χ1n) is 25.8. The van der Waals surface area contributed by atoms with Crippen LogP contribution in [0.25, 0.3) is 63.9 Å². The average Bonchev–Trinajstić information content (AvgIpc) is 4.19. The fourth-order valence-corrected chi connectivity index (χ4v) is 13.4. The molecule has 0 atom stereocenters. The molecule has 0 unspecified atom stereocenters. The minimum atomic E-state index is -0.389. The minimum Gasteiger partial charge on any atom is -0.399 e. The minimum absolute atomic E-state index is 0.0682. The fourth-order valence-electron chi connectivity index (χ4n) is 10.7. The number of fused-ring (bicyclic) bond motifs is 4. The Kier molecular flexibility index (Phi) is 15.4. The first kappa shape index (κ1) is 48.1. The Morgan fingerprint density at radius 1 is 0.448 bits per heavy atom. The first-order valence-corrected chi connectivity index (χ1v) is 28.2. The van der Waals surface area contributed by atoms with Gasteiger partial charge in [-0.05, 0) is 110 Å². The molecule has 3 aromatic heterocycles. The Labute approximate surface area is 414 Å². The molecule has 1 aliphatic heterocycles. The van der Waals surface area contributed by atoms with E-state index in [1.807, 2.05) is 22.7 Å². The van der Waals surface area contributed by atoms with Crippen LogP contribution in [-0.2, 0) is 14.7 Å². The van der Waals surface area contributed by atoms with Crippen molar-refractivity contribution in [3.63, 3.8) is 0 Å². The fraction of sp³-hybridized carbons (Fsp3) is 0.458. The zero-order valence-corrected chi connectivity index (χ0v) is 43.5. The molecule has 4 nitrogen and oxygen atoms in total. The highest BCUT2D eigenvalue weighted by Crippen LogP contribution is 2.55. The van der Waals surface area contributed by atoms with Crippen LogP contribution in [0.15, 0.2) is 103 Å². The average molecular weight is 947 g/mol. The molecule has 67 heavy (non-hydrogen) atoms. The Balaban J connectivity index is 1.04. The molecule has 4 aromatic carbocycles. The van der Waals surface area contributed by atoms with Gasteiger partial charge < -0.3 is 9.31 Å². The maximum Gasteiger partial charge on any atom is 0.494 e. The summed E-state index contributed by atoms with van der Waals surface area (Å²) in [5.41, 5.74) is 13.0. The second kappa shape index (κ2) is 21.4. The molecule has 1 aliphatic carbocycles. The molecule has 0 spiro atoms. The number of hydrogen-bond donors (Lipinski definition) is 0. The molecular weight excluding hydrogens is 876 g/mol. The lowest BCUT2D eigenvalue weighted by molar-refractivity contribution is 0.00578. The summed E-state index contributed by atoms with van der Waals surface area (Å²) in [6, 6.07) is 38.9. The van der Waals surface area contributed by atoms with Crippen LogP contribution in [0.4, 0.5) is 0 Å². The lowest BCUT2D eigenvalue weighted by atomic mass is 9.68. The molecule has 0 saturated carbocycles. The molecule has 7 aromatic rings. The zero-order valence-electron chi connectivity index (χ0n) is 41.1. The van der Waals surface area contributed by atoms with E-state index < -0.39 is 0 Å². The van der Waals surface area contributed by atoms with E-state index >= 15 is 0 Å². The van der Waals surface area contributed by atoms with Crippen LogP contribution < -0.4 is 5.46 Å². The van der Waals surface area contributed by atoms with Crippen molar-refractivity contribution in [1.82, 2.24) is 8.75 Å². The van der Waals surface area contributed by atoms with Crippen LogP contribution >= 0.6 is 34.4 Å². The van der Waals surface area contributed by atoms with Crippen molar-refractivity contribution in [2.75, 3.05) is 0 Å². The molecule has 350 valence electrons. The molecule has 0 N–H and O–H groups in total.